The van der Waals surface area contributed by atoms with Crippen LogP contribution in [0.3, 0.4) is 0 Å². The molecular formula is C16H12ClFN2O5. The van der Waals surface area contributed by atoms with Crippen LogP contribution in [0.5, 0.6) is 0 Å². The minimum absolute atomic E-state index is 0.0855. The van der Waals surface area contributed by atoms with Crippen molar-refractivity contribution in [3.8, 4) is 0 Å². The molecule has 0 saturated carbocycles. The molecule has 0 atom stereocenters. The molecule has 0 saturated heterocycles. The fourth-order valence-corrected chi connectivity index (χ4v) is 2.07. The number of halogens is 2. The first-order chi connectivity index (χ1) is 11.8. The number of amides is 1. The van der Waals surface area contributed by atoms with Gasteiger partial charge in [-0.2, -0.15) is 0 Å². The normalized spacial score (nSPS) is 10.2. The highest BCUT2D eigenvalue weighted by atomic mass is 35.5. The quantitative estimate of drug-likeness (QED) is 0.496. The summed E-state index contributed by atoms with van der Waals surface area (Å²) in [6, 6.07) is 7.53. The second-order valence-corrected chi connectivity index (χ2v) is 5.44. The van der Waals surface area contributed by atoms with Crippen molar-refractivity contribution in [1.82, 2.24) is 0 Å². The average molecular weight is 367 g/mol. The summed E-state index contributed by atoms with van der Waals surface area (Å²) < 4.78 is 18.2. The number of ether oxygens (including phenoxy) is 1. The standard InChI is InChI=1S/C16H12ClFN2O5/c1-9-2-4-11(7-13(9)18)19-15(21)8-25-16(22)12-5-3-10(17)6-14(12)20(23)24/h2-7H,8H2,1H3,(H,19,21). The number of nitro groups is 1. The number of nitrogens with one attached hydrogen (secondary N) is 1. The van der Waals surface area contributed by atoms with Gasteiger partial charge in [0.05, 0.1) is 4.92 Å². The van der Waals surface area contributed by atoms with Crippen LogP contribution in [-0.2, 0) is 9.53 Å². The second-order valence-electron chi connectivity index (χ2n) is 5.01. The highest BCUT2D eigenvalue weighted by molar-refractivity contribution is 6.31. The molecule has 1 amide bonds. The number of esters is 1. The van der Waals surface area contributed by atoms with Crippen LogP contribution in [0, 0.1) is 22.9 Å². The summed E-state index contributed by atoms with van der Waals surface area (Å²) in [6.45, 7) is 0.885. The molecule has 0 spiro atoms. The number of hydrogen-bond acceptors (Lipinski definition) is 5. The summed E-state index contributed by atoms with van der Waals surface area (Å²) in [5.74, 6) is -2.26. The van der Waals surface area contributed by atoms with Gasteiger partial charge in [-0.25, -0.2) is 9.18 Å². The van der Waals surface area contributed by atoms with Gasteiger partial charge in [-0.15, -0.1) is 0 Å². The first kappa shape index (κ1) is 18.3. The van der Waals surface area contributed by atoms with Crippen LogP contribution < -0.4 is 5.32 Å². The van der Waals surface area contributed by atoms with E-state index in [-0.39, 0.29) is 16.3 Å². The highest BCUT2D eigenvalue weighted by Gasteiger charge is 2.22. The molecule has 0 unspecified atom stereocenters. The van der Waals surface area contributed by atoms with Crippen molar-refractivity contribution in [3.63, 3.8) is 0 Å². The molecule has 0 bridgehead atoms. The van der Waals surface area contributed by atoms with Crippen molar-refractivity contribution < 1.29 is 23.6 Å². The number of hydrogen-bond donors (Lipinski definition) is 1. The van der Waals surface area contributed by atoms with E-state index in [1.54, 1.807) is 6.92 Å². The molecule has 2 aromatic carbocycles. The van der Waals surface area contributed by atoms with Crippen LogP contribution in [-0.4, -0.2) is 23.4 Å². The van der Waals surface area contributed by atoms with Gasteiger partial charge in [0.15, 0.2) is 6.61 Å². The van der Waals surface area contributed by atoms with Crippen molar-refractivity contribution in [1.29, 1.82) is 0 Å². The van der Waals surface area contributed by atoms with Crippen LogP contribution in [0.25, 0.3) is 0 Å². The Morgan fingerprint density at radius 3 is 2.64 bits per heavy atom. The monoisotopic (exact) mass is 366 g/mol. The number of carbonyl (C=O) groups is 2. The largest absolute Gasteiger partial charge is 0.452 e. The van der Waals surface area contributed by atoms with Crippen LogP contribution in [0.15, 0.2) is 36.4 Å². The van der Waals surface area contributed by atoms with Gasteiger partial charge in [0.1, 0.15) is 11.4 Å². The first-order valence-corrected chi connectivity index (χ1v) is 7.33. The summed E-state index contributed by atoms with van der Waals surface area (Å²) in [7, 11) is 0. The maximum absolute atomic E-state index is 13.4. The molecule has 9 heteroatoms. The minimum Gasteiger partial charge on any atom is -0.452 e. The summed E-state index contributed by atoms with van der Waals surface area (Å²) in [6.07, 6.45) is 0. The lowest BCUT2D eigenvalue weighted by molar-refractivity contribution is -0.385. The van der Waals surface area contributed by atoms with Gasteiger partial charge >= 0.3 is 5.97 Å². The smallest absolute Gasteiger partial charge is 0.345 e. The number of rotatable bonds is 5. The molecule has 1 N–H and O–H groups in total. The van der Waals surface area contributed by atoms with E-state index in [1.165, 1.54) is 18.2 Å². The van der Waals surface area contributed by atoms with Gasteiger partial charge in [-0.05, 0) is 36.8 Å². The maximum Gasteiger partial charge on any atom is 0.345 e. The van der Waals surface area contributed by atoms with Gasteiger partial charge in [0.2, 0.25) is 0 Å². The van der Waals surface area contributed by atoms with E-state index in [9.17, 15) is 24.1 Å². The zero-order chi connectivity index (χ0) is 18.6. The number of carbonyl (C=O) groups excluding carboxylic acids is 2. The average Bonchev–Trinajstić information content (AvgIpc) is 2.56. The van der Waals surface area contributed by atoms with Gasteiger partial charge in [0, 0.05) is 16.8 Å². The molecule has 0 aliphatic carbocycles. The zero-order valence-corrected chi connectivity index (χ0v) is 13.7. The molecule has 0 aromatic heterocycles. The number of aryl methyl sites for hydroxylation is 1. The second kappa shape index (κ2) is 7.71. The van der Waals surface area contributed by atoms with E-state index >= 15 is 0 Å². The maximum atomic E-state index is 13.4. The van der Waals surface area contributed by atoms with Crippen molar-refractivity contribution >= 4 is 34.9 Å². The summed E-state index contributed by atoms with van der Waals surface area (Å²) in [5.41, 5.74) is -0.247. The Bertz CT molecular complexity index is 856. The molecule has 2 aromatic rings. The van der Waals surface area contributed by atoms with E-state index in [1.807, 2.05) is 0 Å². The van der Waals surface area contributed by atoms with E-state index in [2.05, 4.69) is 5.32 Å². The molecule has 130 valence electrons. The van der Waals surface area contributed by atoms with Crippen molar-refractivity contribution in [2.45, 2.75) is 6.92 Å². The lowest BCUT2D eigenvalue weighted by atomic mass is 10.2. The topological polar surface area (TPSA) is 98.5 Å². The SMILES string of the molecule is Cc1ccc(NC(=O)COC(=O)c2ccc(Cl)cc2[N+](=O)[O-])cc1F. The van der Waals surface area contributed by atoms with Gasteiger partial charge in [-0.1, -0.05) is 17.7 Å². The number of nitrogens with zero attached hydrogens (tertiary/aromatic N) is 1. The third-order valence-corrected chi connectivity index (χ3v) is 3.40. The molecule has 7 nitrogen and oxygen atoms in total. The number of benzene rings is 2. The minimum atomic E-state index is -1.05. The van der Waals surface area contributed by atoms with E-state index in [4.69, 9.17) is 16.3 Å². The molecule has 0 heterocycles. The van der Waals surface area contributed by atoms with Crippen LogP contribution >= 0.6 is 11.6 Å². The van der Waals surface area contributed by atoms with Crippen LogP contribution in [0.4, 0.5) is 15.8 Å². The van der Waals surface area contributed by atoms with Gasteiger partial charge in [0.25, 0.3) is 11.6 Å². The third-order valence-electron chi connectivity index (χ3n) is 3.17. The van der Waals surface area contributed by atoms with Gasteiger partial charge < -0.3 is 10.1 Å². The van der Waals surface area contributed by atoms with E-state index in [0.717, 1.165) is 18.2 Å². The highest BCUT2D eigenvalue weighted by Crippen LogP contribution is 2.24. The lowest BCUT2D eigenvalue weighted by Crippen LogP contribution is -2.21. The third kappa shape index (κ3) is 4.74. The molecule has 0 radical (unpaired) electrons. The number of anilines is 1. The Morgan fingerprint density at radius 1 is 1.28 bits per heavy atom. The van der Waals surface area contributed by atoms with Crippen LogP contribution in [0.2, 0.25) is 5.02 Å². The fraction of sp³-hybridized carbons (Fsp3) is 0.125. The Kier molecular flexibility index (Phi) is 5.66. The Labute approximate surface area is 146 Å². The summed E-state index contributed by atoms with van der Waals surface area (Å²) in [5, 5.41) is 13.4. The first-order valence-electron chi connectivity index (χ1n) is 6.95. The summed E-state index contributed by atoms with van der Waals surface area (Å²) in [4.78, 5) is 33.8. The predicted octanol–water partition coefficient (Wildman–Crippen LogP) is 3.49. The van der Waals surface area contributed by atoms with E-state index in [0.29, 0.717) is 5.56 Å². The van der Waals surface area contributed by atoms with E-state index < -0.39 is 34.9 Å². The zero-order valence-electron chi connectivity index (χ0n) is 12.9. The summed E-state index contributed by atoms with van der Waals surface area (Å²) >= 11 is 5.66. The van der Waals surface area contributed by atoms with Gasteiger partial charge in [-0.3, -0.25) is 14.9 Å². The fourth-order valence-electron chi connectivity index (χ4n) is 1.90. The molecule has 0 aliphatic rings. The lowest BCUT2D eigenvalue weighted by Gasteiger charge is -2.08. The van der Waals surface area contributed by atoms with Crippen molar-refractivity contribution in [3.05, 3.63) is 68.5 Å². The molecule has 0 fully saturated rings. The molecule has 0 aliphatic heterocycles. The Morgan fingerprint density at radius 2 is 2.00 bits per heavy atom. The van der Waals surface area contributed by atoms with Crippen molar-refractivity contribution in [2.24, 2.45) is 0 Å². The molecule has 25 heavy (non-hydrogen) atoms. The van der Waals surface area contributed by atoms with Crippen LogP contribution in [0.1, 0.15) is 15.9 Å². The Hall–Kier alpha value is -3.00. The molecular weight excluding hydrogens is 355 g/mol. The van der Waals surface area contributed by atoms with Crippen molar-refractivity contribution in [2.75, 3.05) is 11.9 Å². The predicted molar refractivity (Wildman–Crippen MR) is 88.2 cm³/mol. The molecule has 2 rings (SSSR count). The number of nitro benzene ring substituents is 1. The Balaban J connectivity index is 2.01.